The van der Waals surface area contributed by atoms with Gasteiger partial charge in [-0.3, -0.25) is 0 Å². The van der Waals surface area contributed by atoms with E-state index in [0.29, 0.717) is 6.42 Å². The van der Waals surface area contributed by atoms with Gasteiger partial charge in [0.2, 0.25) is 5.92 Å². The van der Waals surface area contributed by atoms with Crippen molar-refractivity contribution >= 4 is 35.1 Å². The first-order valence-corrected chi connectivity index (χ1v) is 13.5. The van der Waals surface area contributed by atoms with Crippen LogP contribution in [0.15, 0.2) is 47.4 Å². The largest absolute Gasteiger partial charge is 0.369 e. The second-order valence-corrected chi connectivity index (χ2v) is 10.5. The van der Waals surface area contributed by atoms with Crippen molar-refractivity contribution in [2.45, 2.75) is 43.4 Å². The average molecular weight is 480 g/mol. The van der Waals surface area contributed by atoms with Gasteiger partial charge in [-0.25, -0.2) is 8.78 Å². The number of hydrogen-bond acceptors (Lipinski definition) is 5. The molecule has 2 aromatic rings. The van der Waals surface area contributed by atoms with E-state index >= 15 is 0 Å². The first-order valence-electron chi connectivity index (χ1n) is 11.4. The molecule has 2 aromatic carbocycles. The van der Waals surface area contributed by atoms with Crippen LogP contribution < -0.4 is 14.5 Å². The van der Waals surface area contributed by atoms with Crippen molar-refractivity contribution in [3.05, 3.63) is 42.5 Å². The lowest BCUT2D eigenvalue weighted by molar-refractivity contribution is 0.0105. The van der Waals surface area contributed by atoms with E-state index in [4.69, 9.17) is 0 Å². The maximum Gasteiger partial charge on any atom is 0.245 e. The smallest absolute Gasteiger partial charge is 0.245 e. The minimum atomic E-state index is -2.53. The summed E-state index contributed by atoms with van der Waals surface area (Å²) in [6, 6.07) is 15.5. The molecule has 0 aromatic heterocycles. The third-order valence-corrected chi connectivity index (χ3v) is 7.61. The van der Waals surface area contributed by atoms with Crippen LogP contribution in [-0.2, 0) is 0 Å². The Balaban J connectivity index is 1.65. The van der Waals surface area contributed by atoms with Gasteiger partial charge in [-0.05, 0) is 61.4 Å². The first kappa shape index (κ1) is 25.2. The summed E-state index contributed by atoms with van der Waals surface area (Å²) in [5, 5.41) is 3.42. The van der Waals surface area contributed by atoms with Crippen molar-refractivity contribution in [2.75, 3.05) is 54.4 Å². The molecule has 0 unspecified atom stereocenters. The molecule has 7 heteroatoms. The summed E-state index contributed by atoms with van der Waals surface area (Å²) in [6.07, 6.45) is 4.51. The van der Waals surface area contributed by atoms with E-state index in [-0.39, 0.29) is 6.42 Å². The quantitative estimate of drug-likeness (QED) is 0.217. The SMILES string of the molecule is CSN(C)c1ccc(N2CCNCC2)cc1-c1ccc(SCCCCCC(C)(F)F)cc1. The lowest BCUT2D eigenvalue weighted by Crippen LogP contribution is -2.43. The Kier molecular flexibility index (Phi) is 9.56. The third kappa shape index (κ3) is 7.56. The first-order chi connectivity index (χ1) is 15.4. The molecule has 3 nitrogen and oxygen atoms in total. The van der Waals surface area contributed by atoms with Gasteiger partial charge in [0.05, 0.1) is 5.69 Å². The maximum atomic E-state index is 12.9. The number of piperazine rings is 1. The van der Waals surface area contributed by atoms with Crippen LogP contribution in [0.5, 0.6) is 0 Å². The van der Waals surface area contributed by atoms with Crippen LogP contribution in [-0.4, -0.2) is 51.2 Å². The summed E-state index contributed by atoms with van der Waals surface area (Å²) in [7, 11) is 2.10. The van der Waals surface area contributed by atoms with E-state index in [2.05, 4.69) is 70.3 Å². The predicted molar refractivity (Wildman–Crippen MR) is 139 cm³/mol. The van der Waals surface area contributed by atoms with Crippen LogP contribution in [0, 0.1) is 0 Å². The summed E-state index contributed by atoms with van der Waals surface area (Å²) >= 11 is 3.51. The van der Waals surface area contributed by atoms with Gasteiger partial charge < -0.3 is 14.5 Å². The van der Waals surface area contributed by atoms with Gasteiger partial charge in [-0.15, -0.1) is 11.8 Å². The zero-order valence-corrected chi connectivity index (χ0v) is 21.0. The molecular weight excluding hydrogens is 444 g/mol. The number of halogens is 2. The molecule has 176 valence electrons. The van der Waals surface area contributed by atoms with E-state index in [0.717, 1.165) is 51.7 Å². The zero-order valence-electron chi connectivity index (χ0n) is 19.4. The third-order valence-electron chi connectivity index (χ3n) is 5.77. The minimum Gasteiger partial charge on any atom is -0.369 e. The van der Waals surface area contributed by atoms with Crippen LogP contribution in [0.4, 0.5) is 20.2 Å². The fraction of sp³-hybridized carbons (Fsp3) is 0.520. The molecule has 0 saturated carbocycles. The number of nitrogens with zero attached hydrogens (tertiary/aromatic N) is 2. The monoisotopic (exact) mass is 479 g/mol. The van der Waals surface area contributed by atoms with Gasteiger partial charge in [-0.1, -0.05) is 30.5 Å². The molecular formula is C25H35F2N3S2. The van der Waals surface area contributed by atoms with Gasteiger partial charge >= 0.3 is 0 Å². The van der Waals surface area contributed by atoms with Crippen LogP contribution in [0.25, 0.3) is 11.1 Å². The molecule has 1 saturated heterocycles. The number of thioether (sulfide) groups is 1. The second-order valence-electron chi connectivity index (χ2n) is 8.37. The number of nitrogens with one attached hydrogen (secondary N) is 1. The fourth-order valence-electron chi connectivity index (χ4n) is 3.88. The van der Waals surface area contributed by atoms with Crippen LogP contribution >= 0.6 is 23.7 Å². The topological polar surface area (TPSA) is 18.5 Å². The zero-order chi connectivity index (χ0) is 23.0. The predicted octanol–water partition coefficient (Wildman–Crippen LogP) is 6.79. The van der Waals surface area contributed by atoms with E-state index in [1.807, 2.05) is 0 Å². The highest BCUT2D eigenvalue weighted by atomic mass is 32.2. The van der Waals surface area contributed by atoms with Crippen molar-refractivity contribution in [2.24, 2.45) is 0 Å². The lowest BCUT2D eigenvalue weighted by atomic mass is 10.0. The second kappa shape index (κ2) is 12.1. The maximum absolute atomic E-state index is 12.9. The molecule has 1 N–H and O–H groups in total. The highest BCUT2D eigenvalue weighted by molar-refractivity contribution is 8.00. The van der Waals surface area contributed by atoms with Crippen molar-refractivity contribution in [3.63, 3.8) is 0 Å². The average Bonchev–Trinajstić information content (AvgIpc) is 2.80. The standard InChI is InChI=1S/C25H35F2N3S2/c1-25(26,27)13-5-4-6-18-32-22-10-7-20(8-11-22)23-19-21(30-16-14-28-15-17-30)9-12-24(23)29(2)31-3/h7-12,19,28H,4-6,13-18H2,1-3H3. The summed E-state index contributed by atoms with van der Waals surface area (Å²) in [5.74, 6) is -1.57. The van der Waals surface area contributed by atoms with Gasteiger partial charge in [0, 0.05) is 62.0 Å². The summed E-state index contributed by atoms with van der Waals surface area (Å²) in [4.78, 5) is 3.68. The van der Waals surface area contributed by atoms with Crippen molar-refractivity contribution in [3.8, 4) is 11.1 Å². The molecule has 1 heterocycles. The lowest BCUT2D eigenvalue weighted by Gasteiger charge is -2.31. The number of unbranched alkanes of at least 4 members (excludes halogenated alkanes) is 2. The van der Waals surface area contributed by atoms with Crippen LogP contribution in [0.2, 0.25) is 0 Å². The highest BCUT2D eigenvalue weighted by Crippen LogP contribution is 2.37. The Morgan fingerprint density at radius 3 is 2.41 bits per heavy atom. The Morgan fingerprint density at radius 1 is 1.03 bits per heavy atom. The van der Waals surface area contributed by atoms with Gasteiger partial charge in [-0.2, -0.15) is 0 Å². The molecule has 32 heavy (non-hydrogen) atoms. The molecule has 1 fully saturated rings. The van der Waals surface area contributed by atoms with E-state index in [9.17, 15) is 8.78 Å². The summed E-state index contributed by atoms with van der Waals surface area (Å²) in [5.41, 5.74) is 4.95. The number of anilines is 2. The molecule has 0 amide bonds. The molecule has 3 rings (SSSR count). The molecule has 0 radical (unpaired) electrons. The number of benzene rings is 2. The Labute approximate surface area is 200 Å². The Hall–Kier alpha value is -1.44. The molecule has 0 bridgehead atoms. The Bertz CT molecular complexity index is 834. The van der Waals surface area contributed by atoms with Gasteiger partial charge in [0.25, 0.3) is 0 Å². The van der Waals surface area contributed by atoms with Crippen LogP contribution in [0.3, 0.4) is 0 Å². The van der Waals surface area contributed by atoms with Gasteiger partial charge in [0.15, 0.2) is 0 Å². The van der Waals surface area contributed by atoms with E-state index in [1.165, 1.54) is 27.4 Å². The van der Waals surface area contributed by atoms with Crippen LogP contribution in [0.1, 0.15) is 32.6 Å². The number of rotatable bonds is 11. The van der Waals surface area contributed by atoms with Gasteiger partial charge in [0.1, 0.15) is 0 Å². The normalized spacial score (nSPS) is 14.6. The molecule has 0 aliphatic carbocycles. The molecule has 1 aliphatic heterocycles. The Morgan fingerprint density at radius 2 is 1.75 bits per heavy atom. The molecule has 0 atom stereocenters. The van der Waals surface area contributed by atoms with Crippen molar-refractivity contribution < 1.29 is 8.78 Å². The highest BCUT2D eigenvalue weighted by Gasteiger charge is 2.19. The fourth-order valence-corrected chi connectivity index (χ4v) is 5.15. The minimum absolute atomic E-state index is 0.00774. The number of alkyl halides is 2. The molecule has 0 spiro atoms. The molecule has 1 aliphatic rings. The summed E-state index contributed by atoms with van der Waals surface area (Å²) in [6.45, 7) is 5.11. The van der Waals surface area contributed by atoms with Crippen molar-refractivity contribution in [1.82, 2.24) is 5.32 Å². The van der Waals surface area contributed by atoms with Crippen molar-refractivity contribution in [1.29, 1.82) is 0 Å². The van der Waals surface area contributed by atoms with E-state index < -0.39 is 5.92 Å². The summed E-state index contributed by atoms with van der Waals surface area (Å²) < 4.78 is 28.0. The number of hydrogen-bond donors (Lipinski definition) is 1. The van der Waals surface area contributed by atoms with E-state index in [1.54, 1.807) is 23.7 Å².